The molecule has 3 aromatic rings. The minimum Gasteiger partial charge on any atom is -0.482 e. The number of ether oxygens (including phenoxy) is 1. The highest BCUT2D eigenvalue weighted by Gasteiger charge is 2.34. The van der Waals surface area contributed by atoms with Crippen molar-refractivity contribution in [3.8, 4) is 5.75 Å². The standard InChI is InChI=1S/C17H19N5O2/c1-2-22-9-12(7-20-22)24-17-11-21(10-16(17)23)15-4-6-19-14-3-5-18-8-13(14)15/h3-9,16-17,23H,2,10-11H2,1H3/t16-,17-/m1/s1. The van der Waals surface area contributed by atoms with Gasteiger partial charge in [-0.2, -0.15) is 5.10 Å². The molecule has 0 unspecified atom stereocenters. The number of pyridine rings is 2. The van der Waals surface area contributed by atoms with E-state index >= 15 is 0 Å². The van der Waals surface area contributed by atoms with Crippen LogP contribution in [0.2, 0.25) is 0 Å². The Bertz CT molecular complexity index is 844. The average molecular weight is 325 g/mol. The Kier molecular flexibility index (Phi) is 3.78. The lowest BCUT2D eigenvalue weighted by molar-refractivity contribution is 0.0737. The van der Waals surface area contributed by atoms with E-state index in [1.165, 1.54) is 0 Å². The van der Waals surface area contributed by atoms with E-state index in [1.54, 1.807) is 23.3 Å². The van der Waals surface area contributed by atoms with Crippen molar-refractivity contribution >= 4 is 16.6 Å². The van der Waals surface area contributed by atoms with E-state index in [2.05, 4.69) is 20.0 Å². The van der Waals surface area contributed by atoms with E-state index < -0.39 is 6.10 Å². The molecule has 1 aliphatic heterocycles. The predicted octanol–water partition coefficient (Wildman–Crippen LogP) is 1.47. The Morgan fingerprint density at radius 3 is 3.00 bits per heavy atom. The fourth-order valence-electron chi connectivity index (χ4n) is 3.07. The second-order valence-corrected chi connectivity index (χ2v) is 5.88. The predicted molar refractivity (Wildman–Crippen MR) is 90.1 cm³/mol. The van der Waals surface area contributed by atoms with Crippen molar-refractivity contribution < 1.29 is 9.84 Å². The molecule has 0 spiro atoms. The summed E-state index contributed by atoms with van der Waals surface area (Å²) in [5.74, 6) is 0.684. The third-order valence-electron chi connectivity index (χ3n) is 4.32. The Morgan fingerprint density at radius 2 is 2.17 bits per heavy atom. The number of anilines is 1. The number of fused-ring (bicyclic) bond motifs is 1. The molecule has 0 aliphatic carbocycles. The Labute approximate surface area is 139 Å². The highest BCUT2D eigenvalue weighted by atomic mass is 16.5. The first-order chi connectivity index (χ1) is 11.7. The lowest BCUT2D eigenvalue weighted by atomic mass is 10.2. The first kappa shape index (κ1) is 14.9. The smallest absolute Gasteiger partial charge is 0.157 e. The van der Waals surface area contributed by atoms with Crippen molar-refractivity contribution in [2.24, 2.45) is 0 Å². The highest BCUT2D eigenvalue weighted by Crippen LogP contribution is 2.29. The number of β-amino-alcohol motifs (C(OH)–C–C–N with tert-alkyl or cyclic N) is 1. The number of aromatic nitrogens is 4. The van der Waals surface area contributed by atoms with Crippen LogP contribution in [0, 0.1) is 0 Å². The van der Waals surface area contributed by atoms with Crippen molar-refractivity contribution in [2.75, 3.05) is 18.0 Å². The molecule has 0 amide bonds. The molecule has 124 valence electrons. The maximum absolute atomic E-state index is 10.4. The maximum Gasteiger partial charge on any atom is 0.157 e. The monoisotopic (exact) mass is 325 g/mol. The van der Waals surface area contributed by atoms with Crippen LogP contribution in [0.4, 0.5) is 5.69 Å². The van der Waals surface area contributed by atoms with Gasteiger partial charge in [-0.15, -0.1) is 0 Å². The van der Waals surface area contributed by atoms with Crippen LogP contribution in [-0.2, 0) is 6.54 Å². The van der Waals surface area contributed by atoms with Gasteiger partial charge in [0.15, 0.2) is 5.75 Å². The molecule has 0 saturated carbocycles. The topological polar surface area (TPSA) is 76.3 Å². The lowest BCUT2D eigenvalue weighted by Gasteiger charge is -2.19. The number of aliphatic hydroxyl groups is 1. The van der Waals surface area contributed by atoms with E-state index in [9.17, 15) is 5.11 Å². The minimum atomic E-state index is -0.560. The Balaban J connectivity index is 1.55. The summed E-state index contributed by atoms with van der Waals surface area (Å²) >= 11 is 0. The molecule has 2 atom stereocenters. The van der Waals surface area contributed by atoms with Crippen LogP contribution >= 0.6 is 0 Å². The van der Waals surface area contributed by atoms with E-state index in [0.29, 0.717) is 18.8 Å². The maximum atomic E-state index is 10.4. The zero-order valence-electron chi connectivity index (χ0n) is 13.4. The van der Waals surface area contributed by atoms with E-state index in [1.807, 2.05) is 31.5 Å². The van der Waals surface area contributed by atoms with Crippen molar-refractivity contribution in [1.29, 1.82) is 0 Å². The molecule has 4 rings (SSSR count). The second kappa shape index (κ2) is 6.09. The van der Waals surface area contributed by atoms with Gasteiger partial charge < -0.3 is 14.7 Å². The third-order valence-corrected chi connectivity index (χ3v) is 4.32. The summed E-state index contributed by atoms with van der Waals surface area (Å²) in [6.07, 6.45) is 8.00. The molecule has 1 saturated heterocycles. The first-order valence-electron chi connectivity index (χ1n) is 8.05. The first-order valence-corrected chi connectivity index (χ1v) is 8.05. The van der Waals surface area contributed by atoms with Crippen molar-refractivity contribution in [3.63, 3.8) is 0 Å². The molecular weight excluding hydrogens is 306 g/mol. The zero-order chi connectivity index (χ0) is 16.5. The third kappa shape index (κ3) is 2.67. The number of aliphatic hydroxyl groups excluding tert-OH is 1. The van der Waals surface area contributed by atoms with Gasteiger partial charge in [-0.1, -0.05) is 0 Å². The fourth-order valence-corrected chi connectivity index (χ4v) is 3.07. The van der Waals surface area contributed by atoms with Crippen LogP contribution in [0.25, 0.3) is 10.9 Å². The van der Waals surface area contributed by atoms with Gasteiger partial charge in [0.2, 0.25) is 0 Å². The summed E-state index contributed by atoms with van der Waals surface area (Å²) in [6, 6.07) is 3.84. The van der Waals surface area contributed by atoms with Crippen LogP contribution in [0.15, 0.2) is 43.1 Å². The van der Waals surface area contributed by atoms with Gasteiger partial charge in [-0.3, -0.25) is 14.6 Å². The molecule has 7 heteroatoms. The Morgan fingerprint density at radius 1 is 1.25 bits per heavy atom. The summed E-state index contributed by atoms with van der Waals surface area (Å²) in [6.45, 7) is 3.93. The molecule has 0 bridgehead atoms. The number of hydrogen-bond acceptors (Lipinski definition) is 6. The van der Waals surface area contributed by atoms with Gasteiger partial charge in [0.25, 0.3) is 0 Å². The average Bonchev–Trinajstić information content (AvgIpc) is 3.21. The molecule has 1 fully saturated rings. The minimum absolute atomic E-state index is 0.292. The lowest BCUT2D eigenvalue weighted by Crippen LogP contribution is -2.29. The van der Waals surface area contributed by atoms with E-state index in [-0.39, 0.29) is 6.10 Å². The molecule has 0 aromatic carbocycles. The molecule has 1 N–H and O–H groups in total. The van der Waals surface area contributed by atoms with Crippen molar-refractivity contribution in [2.45, 2.75) is 25.7 Å². The van der Waals surface area contributed by atoms with Crippen molar-refractivity contribution in [3.05, 3.63) is 43.1 Å². The van der Waals surface area contributed by atoms with Crippen molar-refractivity contribution in [1.82, 2.24) is 19.7 Å². The summed E-state index contributed by atoms with van der Waals surface area (Å²) in [4.78, 5) is 10.7. The van der Waals surface area contributed by atoms with E-state index in [0.717, 1.165) is 23.1 Å². The highest BCUT2D eigenvalue weighted by molar-refractivity contribution is 5.90. The Hall–Kier alpha value is -2.67. The molecule has 7 nitrogen and oxygen atoms in total. The molecule has 24 heavy (non-hydrogen) atoms. The summed E-state index contributed by atoms with van der Waals surface area (Å²) in [7, 11) is 0. The van der Waals surface area contributed by atoms with Crippen LogP contribution in [0.3, 0.4) is 0 Å². The molecule has 1 aliphatic rings. The van der Waals surface area contributed by atoms with Gasteiger partial charge in [0, 0.05) is 42.8 Å². The number of aryl methyl sites for hydroxylation is 1. The normalized spacial score (nSPS) is 20.7. The van der Waals surface area contributed by atoms with Gasteiger partial charge >= 0.3 is 0 Å². The zero-order valence-corrected chi connectivity index (χ0v) is 13.4. The largest absolute Gasteiger partial charge is 0.482 e. The van der Waals surface area contributed by atoms with Gasteiger partial charge in [0.05, 0.1) is 24.5 Å². The number of hydrogen-bond donors (Lipinski definition) is 1. The second-order valence-electron chi connectivity index (χ2n) is 5.88. The van der Waals surface area contributed by atoms with Crippen LogP contribution in [-0.4, -0.2) is 50.2 Å². The summed E-state index contributed by atoms with van der Waals surface area (Å²) in [5.41, 5.74) is 1.91. The van der Waals surface area contributed by atoms with Crippen LogP contribution < -0.4 is 9.64 Å². The fraction of sp³-hybridized carbons (Fsp3) is 0.353. The van der Waals surface area contributed by atoms with Crippen LogP contribution in [0.5, 0.6) is 5.75 Å². The molecule has 0 radical (unpaired) electrons. The van der Waals surface area contributed by atoms with E-state index in [4.69, 9.17) is 4.74 Å². The summed E-state index contributed by atoms with van der Waals surface area (Å²) < 4.78 is 7.73. The van der Waals surface area contributed by atoms with Gasteiger partial charge in [-0.05, 0) is 19.1 Å². The SMILES string of the molecule is CCn1cc(O[C@@H]2CN(c3ccnc4ccncc34)C[C@H]2O)cn1. The van der Waals surface area contributed by atoms with Gasteiger partial charge in [0.1, 0.15) is 12.2 Å². The van der Waals surface area contributed by atoms with Crippen LogP contribution in [0.1, 0.15) is 6.92 Å². The number of rotatable bonds is 4. The molecule has 3 aromatic heterocycles. The summed E-state index contributed by atoms with van der Waals surface area (Å²) in [5, 5.41) is 15.6. The number of nitrogens with zero attached hydrogens (tertiary/aromatic N) is 5. The van der Waals surface area contributed by atoms with Gasteiger partial charge in [-0.25, -0.2) is 0 Å². The quantitative estimate of drug-likeness (QED) is 0.783. The molecular formula is C17H19N5O2. The molecule has 4 heterocycles.